The minimum Gasteiger partial charge on any atom is -0.378 e. The summed E-state index contributed by atoms with van der Waals surface area (Å²) in [6.45, 7) is 5.20. The topological polar surface area (TPSA) is 55.6 Å². The summed E-state index contributed by atoms with van der Waals surface area (Å²) in [5.74, 6) is 0.600. The van der Waals surface area contributed by atoms with Crippen molar-refractivity contribution in [1.29, 1.82) is 0 Å². The molecule has 1 aromatic carbocycles. The molecule has 0 aliphatic carbocycles. The van der Waals surface area contributed by atoms with Crippen LogP contribution in [0.4, 0.5) is 0 Å². The van der Waals surface area contributed by atoms with Gasteiger partial charge in [0.1, 0.15) is 0 Å². The van der Waals surface area contributed by atoms with Crippen molar-refractivity contribution in [3.8, 4) is 0 Å². The lowest BCUT2D eigenvalue weighted by Gasteiger charge is -2.33. The maximum Gasteiger partial charge on any atom is 0.223 e. The third-order valence-corrected chi connectivity index (χ3v) is 4.68. The lowest BCUT2D eigenvalue weighted by atomic mass is 9.92. The van der Waals surface area contributed by atoms with Gasteiger partial charge < -0.3 is 15.4 Å². The summed E-state index contributed by atoms with van der Waals surface area (Å²) < 4.78 is 5.81. The van der Waals surface area contributed by atoms with E-state index < -0.39 is 0 Å². The Labute approximate surface area is 140 Å². The smallest absolute Gasteiger partial charge is 0.223 e. The number of nitrogens with two attached hydrogens (primary N) is 1. The number of hydrogen-bond acceptors (Lipinski definition) is 3. The van der Waals surface area contributed by atoms with Gasteiger partial charge in [0.15, 0.2) is 0 Å². The second-order valence-electron chi connectivity index (χ2n) is 6.31. The normalized spacial score (nSPS) is 17.2. The number of piperidine rings is 1. The molecule has 1 amide bonds. The highest BCUT2D eigenvalue weighted by atomic mass is 16.5. The number of hydrogen-bond donors (Lipinski definition) is 1. The summed E-state index contributed by atoms with van der Waals surface area (Å²) >= 11 is 0. The van der Waals surface area contributed by atoms with Crippen LogP contribution < -0.4 is 5.73 Å². The Kier molecular flexibility index (Phi) is 7.56. The van der Waals surface area contributed by atoms with Gasteiger partial charge in [0.2, 0.25) is 5.91 Å². The van der Waals surface area contributed by atoms with Crippen LogP contribution in [0, 0.1) is 0 Å². The van der Waals surface area contributed by atoms with Gasteiger partial charge in [0.25, 0.3) is 0 Å². The average Bonchev–Trinajstić information content (AvgIpc) is 2.61. The van der Waals surface area contributed by atoms with E-state index in [4.69, 9.17) is 10.5 Å². The van der Waals surface area contributed by atoms with Crippen molar-refractivity contribution in [2.75, 3.05) is 26.2 Å². The summed E-state index contributed by atoms with van der Waals surface area (Å²) in [5.41, 5.74) is 6.75. The molecule has 2 rings (SSSR count). The van der Waals surface area contributed by atoms with E-state index in [9.17, 15) is 4.79 Å². The summed E-state index contributed by atoms with van der Waals surface area (Å²) in [4.78, 5) is 14.6. The van der Waals surface area contributed by atoms with E-state index in [1.165, 1.54) is 5.56 Å². The fourth-order valence-corrected chi connectivity index (χ4v) is 3.17. The molecule has 128 valence electrons. The highest BCUT2D eigenvalue weighted by Crippen LogP contribution is 2.25. The van der Waals surface area contributed by atoms with Crippen LogP contribution in [0.3, 0.4) is 0 Å². The Morgan fingerprint density at radius 2 is 2.00 bits per heavy atom. The summed E-state index contributed by atoms with van der Waals surface area (Å²) in [7, 11) is 0. The number of carbonyl (C=O) groups is 1. The molecule has 1 atom stereocenters. The van der Waals surface area contributed by atoms with Crippen molar-refractivity contribution >= 4 is 5.91 Å². The van der Waals surface area contributed by atoms with Gasteiger partial charge in [-0.25, -0.2) is 0 Å². The Hall–Kier alpha value is -1.39. The monoisotopic (exact) mass is 318 g/mol. The number of likely N-dealkylation sites (tertiary alicyclic amines) is 1. The molecule has 1 aliphatic heterocycles. The second kappa shape index (κ2) is 9.68. The predicted molar refractivity (Wildman–Crippen MR) is 93.3 cm³/mol. The quantitative estimate of drug-likeness (QED) is 0.750. The van der Waals surface area contributed by atoms with Gasteiger partial charge in [-0.3, -0.25) is 4.79 Å². The molecule has 1 heterocycles. The molecule has 1 fully saturated rings. The van der Waals surface area contributed by atoms with Crippen molar-refractivity contribution in [2.24, 2.45) is 5.73 Å². The molecule has 0 radical (unpaired) electrons. The zero-order valence-corrected chi connectivity index (χ0v) is 14.2. The zero-order valence-electron chi connectivity index (χ0n) is 14.2. The first-order valence-corrected chi connectivity index (χ1v) is 8.89. The molecule has 1 unspecified atom stereocenters. The van der Waals surface area contributed by atoms with Crippen LogP contribution in [0.25, 0.3) is 0 Å². The van der Waals surface area contributed by atoms with E-state index >= 15 is 0 Å². The standard InChI is InChI=1S/C19H30N2O2/c1-2-16(17-7-4-3-5-8-17)15-19(22)21-12-9-18(10-13-21)23-14-6-11-20/h3-5,7-8,16,18H,2,6,9-15,20H2,1H3. The van der Waals surface area contributed by atoms with E-state index in [2.05, 4.69) is 19.1 Å². The van der Waals surface area contributed by atoms with Gasteiger partial charge in [0.05, 0.1) is 6.10 Å². The molecule has 0 aromatic heterocycles. The molecule has 1 aromatic rings. The van der Waals surface area contributed by atoms with Crippen molar-refractivity contribution in [2.45, 2.75) is 51.0 Å². The SMILES string of the molecule is CCC(CC(=O)N1CCC(OCCCN)CC1)c1ccccc1. The fourth-order valence-electron chi connectivity index (χ4n) is 3.17. The highest BCUT2D eigenvalue weighted by Gasteiger charge is 2.25. The first kappa shape index (κ1) is 18.0. The van der Waals surface area contributed by atoms with Gasteiger partial charge >= 0.3 is 0 Å². The second-order valence-corrected chi connectivity index (χ2v) is 6.31. The Bertz CT molecular complexity index is 456. The number of benzene rings is 1. The van der Waals surface area contributed by atoms with Gasteiger partial charge in [-0.2, -0.15) is 0 Å². The summed E-state index contributed by atoms with van der Waals surface area (Å²) in [6, 6.07) is 10.4. The van der Waals surface area contributed by atoms with E-state index in [0.29, 0.717) is 25.0 Å². The van der Waals surface area contributed by atoms with Crippen LogP contribution in [0.1, 0.15) is 50.5 Å². The van der Waals surface area contributed by atoms with Crippen molar-refractivity contribution in [3.63, 3.8) is 0 Å². The number of rotatable bonds is 8. The molecule has 0 spiro atoms. The minimum absolute atomic E-state index is 0.279. The van der Waals surface area contributed by atoms with Crippen LogP contribution >= 0.6 is 0 Å². The third kappa shape index (κ3) is 5.63. The highest BCUT2D eigenvalue weighted by molar-refractivity contribution is 5.77. The number of amides is 1. The Morgan fingerprint density at radius 1 is 1.30 bits per heavy atom. The largest absolute Gasteiger partial charge is 0.378 e. The lowest BCUT2D eigenvalue weighted by Crippen LogP contribution is -2.41. The molecule has 4 nitrogen and oxygen atoms in total. The van der Waals surface area contributed by atoms with E-state index in [1.807, 2.05) is 23.1 Å². The maximum absolute atomic E-state index is 12.6. The lowest BCUT2D eigenvalue weighted by molar-refractivity contribution is -0.134. The first-order valence-electron chi connectivity index (χ1n) is 8.89. The molecule has 0 bridgehead atoms. The van der Waals surface area contributed by atoms with Gasteiger partial charge in [-0.15, -0.1) is 0 Å². The van der Waals surface area contributed by atoms with Crippen LogP contribution in [-0.4, -0.2) is 43.2 Å². The predicted octanol–water partition coefficient (Wildman–Crippen LogP) is 2.93. The van der Waals surface area contributed by atoms with Crippen molar-refractivity contribution in [1.82, 2.24) is 4.90 Å². The molecule has 2 N–H and O–H groups in total. The number of carbonyl (C=O) groups excluding carboxylic acids is 1. The molecule has 1 saturated heterocycles. The third-order valence-electron chi connectivity index (χ3n) is 4.68. The van der Waals surface area contributed by atoms with Crippen LogP contribution in [0.2, 0.25) is 0 Å². The molecule has 0 saturated carbocycles. The fraction of sp³-hybridized carbons (Fsp3) is 0.632. The Balaban J connectivity index is 1.78. The van der Waals surface area contributed by atoms with E-state index in [-0.39, 0.29) is 5.91 Å². The van der Waals surface area contributed by atoms with Crippen LogP contribution in [0.15, 0.2) is 30.3 Å². The number of ether oxygens (including phenoxy) is 1. The molecule has 23 heavy (non-hydrogen) atoms. The summed E-state index contributed by atoms with van der Waals surface area (Å²) in [6.07, 6.45) is 4.69. The molecular formula is C19H30N2O2. The van der Waals surface area contributed by atoms with E-state index in [0.717, 1.165) is 45.4 Å². The first-order chi connectivity index (χ1) is 11.2. The van der Waals surface area contributed by atoms with Gasteiger partial charge in [-0.1, -0.05) is 37.3 Å². The zero-order chi connectivity index (χ0) is 16.5. The number of nitrogens with zero attached hydrogens (tertiary/aromatic N) is 1. The Morgan fingerprint density at radius 3 is 2.61 bits per heavy atom. The minimum atomic E-state index is 0.279. The van der Waals surface area contributed by atoms with Crippen LogP contribution in [0.5, 0.6) is 0 Å². The van der Waals surface area contributed by atoms with Gasteiger partial charge in [-0.05, 0) is 43.7 Å². The van der Waals surface area contributed by atoms with Crippen LogP contribution in [-0.2, 0) is 9.53 Å². The average molecular weight is 318 g/mol. The van der Waals surface area contributed by atoms with Crippen molar-refractivity contribution in [3.05, 3.63) is 35.9 Å². The van der Waals surface area contributed by atoms with E-state index in [1.54, 1.807) is 0 Å². The summed E-state index contributed by atoms with van der Waals surface area (Å²) in [5, 5.41) is 0. The molecule has 4 heteroatoms. The molecular weight excluding hydrogens is 288 g/mol. The maximum atomic E-state index is 12.6. The van der Waals surface area contributed by atoms with Crippen molar-refractivity contribution < 1.29 is 9.53 Å². The molecule has 1 aliphatic rings. The van der Waals surface area contributed by atoms with Gasteiger partial charge in [0, 0.05) is 26.1 Å².